The molecule has 1 amide bonds. The molecule has 22 heavy (non-hydrogen) atoms. The van der Waals surface area contributed by atoms with E-state index in [1.807, 2.05) is 20.8 Å². The van der Waals surface area contributed by atoms with Crippen LogP contribution >= 0.6 is 0 Å². The molecule has 0 aromatic rings. The Morgan fingerprint density at radius 1 is 1.14 bits per heavy atom. The summed E-state index contributed by atoms with van der Waals surface area (Å²) in [5.41, 5.74) is -0.542. The van der Waals surface area contributed by atoms with Gasteiger partial charge in [-0.2, -0.15) is 0 Å². The lowest BCUT2D eigenvalue weighted by Crippen LogP contribution is -2.47. The number of fused-ring (bicyclic) bond motifs is 2. The maximum absolute atomic E-state index is 12.6. The number of rotatable bonds is 4. The maximum atomic E-state index is 12.6. The molecule has 2 aliphatic rings. The zero-order chi connectivity index (χ0) is 16.7. The molecular weight excluding hydrogens is 282 g/mol. The summed E-state index contributed by atoms with van der Waals surface area (Å²) in [6, 6.07) is 0. The van der Waals surface area contributed by atoms with Crippen molar-refractivity contribution in [1.82, 2.24) is 5.32 Å². The Kier molecular flexibility index (Phi) is 4.85. The minimum absolute atomic E-state index is 0.0877. The van der Waals surface area contributed by atoms with Gasteiger partial charge in [0.15, 0.2) is 0 Å². The van der Waals surface area contributed by atoms with Gasteiger partial charge in [-0.05, 0) is 50.9 Å². The summed E-state index contributed by atoms with van der Waals surface area (Å²) >= 11 is 0. The second kappa shape index (κ2) is 6.19. The molecule has 126 valence electrons. The van der Waals surface area contributed by atoms with E-state index in [1.54, 1.807) is 0 Å². The molecule has 0 spiro atoms. The molecule has 0 radical (unpaired) electrons. The van der Waals surface area contributed by atoms with Gasteiger partial charge < -0.3 is 15.2 Å². The summed E-state index contributed by atoms with van der Waals surface area (Å²) in [6.45, 7) is 10.1. The van der Waals surface area contributed by atoms with Crippen LogP contribution in [0, 0.1) is 35.5 Å². The Bertz CT molecular complexity index is 442. The van der Waals surface area contributed by atoms with Crippen molar-refractivity contribution < 1.29 is 19.4 Å². The number of amides is 1. The predicted molar refractivity (Wildman–Crippen MR) is 82.8 cm³/mol. The molecule has 2 rings (SSSR count). The molecule has 2 aliphatic carbocycles. The molecule has 0 saturated heterocycles. The van der Waals surface area contributed by atoms with Gasteiger partial charge in [0.1, 0.15) is 5.60 Å². The zero-order valence-electron chi connectivity index (χ0n) is 14.3. The second-order valence-electron chi connectivity index (χ2n) is 7.88. The topological polar surface area (TPSA) is 75.6 Å². The van der Waals surface area contributed by atoms with E-state index in [1.165, 1.54) is 0 Å². The number of hydrogen-bond donors (Lipinski definition) is 2. The smallest absolute Gasteiger partial charge is 0.310 e. The molecule has 2 bridgehead atoms. The molecule has 0 aromatic carbocycles. The fourth-order valence-corrected chi connectivity index (χ4v) is 4.35. The first-order chi connectivity index (χ1) is 10.2. The van der Waals surface area contributed by atoms with Crippen LogP contribution in [0.5, 0.6) is 0 Å². The fraction of sp³-hybridized carbons (Fsp3) is 0.882. The van der Waals surface area contributed by atoms with Crippen molar-refractivity contribution in [1.29, 1.82) is 0 Å². The summed E-state index contributed by atoms with van der Waals surface area (Å²) in [5.74, 6) is 0.291. The lowest BCUT2D eigenvalue weighted by Gasteiger charge is -2.37. The Balaban J connectivity index is 2.20. The highest BCUT2D eigenvalue weighted by Crippen LogP contribution is 2.58. The number of hydrogen-bond acceptors (Lipinski definition) is 4. The van der Waals surface area contributed by atoms with Crippen LogP contribution in [0.2, 0.25) is 0 Å². The third-order valence-electron chi connectivity index (χ3n) is 5.43. The van der Waals surface area contributed by atoms with Gasteiger partial charge in [0.05, 0.1) is 18.4 Å². The van der Waals surface area contributed by atoms with E-state index in [-0.39, 0.29) is 48.7 Å². The van der Waals surface area contributed by atoms with E-state index in [4.69, 9.17) is 9.84 Å². The summed E-state index contributed by atoms with van der Waals surface area (Å²) in [7, 11) is 0. The van der Waals surface area contributed by atoms with E-state index < -0.39 is 5.60 Å². The first-order valence-electron chi connectivity index (χ1n) is 8.28. The fourth-order valence-electron chi connectivity index (χ4n) is 4.35. The van der Waals surface area contributed by atoms with Crippen LogP contribution in [-0.2, 0) is 14.3 Å². The molecule has 2 saturated carbocycles. The molecule has 6 unspecified atom stereocenters. The summed E-state index contributed by atoms with van der Waals surface area (Å²) in [4.78, 5) is 25.1. The molecule has 5 nitrogen and oxygen atoms in total. The average Bonchev–Trinajstić information content (AvgIpc) is 2.92. The van der Waals surface area contributed by atoms with Crippen LogP contribution in [0.4, 0.5) is 0 Å². The number of carbonyl (C=O) groups is 2. The number of carbonyl (C=O) groups excluding carboxylic acids is 2. The van der Waals surface area contributed by atoms with Crippen molar-refractivity contribution in [2.75, 3.05) is 13.2 Å². The largest absolute Gasteiger partial charge is 0.460 e. The van der Waals surface area contributed by atoms with Crippen LogP contribution in [0.3, 0.4) is 0 Å². The van der Waals surface area contributed by atoms with Crippen LogP contribution in [0.25, 0.3) is 0 Å². The normalized spacial score (nSPS) is 37.2. The minimum atomic E-state index is -0.542. The number of esters is 1. The van der Waals surface area contributed by atoms with Crippen molar-refractivity contribution in [2.24, 2.45) is 35.5 Å². The van der Waals surface area contributed by atoms with Gasteiger partial charge in [-0.3, -0.25) is 9.59 Å². The third kappa shape index (κ3) is 3.14. The summed E-state index contributed by atoms with van der Waals surface area (Å²) < 4.78 is 5.57. The Labute approximate surface area is 132 Å². The first kappa shape index (κ1) is 17.3. The molecule has 0 aromatic heterocycles. The average molecular weight is 311 g/mol. The van der Waals surface area contributed by atoms with E-state index in [9.17, 15) is 9.59 Å². The van der Waals surface area contributed by atoms with E-state index in [0.717, 1.165) is 6.42 Å². The monoisotopic (exact) mass is 311 g/mol. The molecular formula is C17H29NO4. The van der Waals surface area contributed by atoms with Crippen molar-refractivity contribution in [3.05, 3.63) is 0 Å². The van der Waals surface area contributed by atoms with Crippen LogP contribution in [0.1, 0.15) is 41.0 Å². The molecule has 5 heteroatoms. The Morgan fingerprint density at radius 3 is 2.18 bits per heavy atom. The van der Waals surface area contributed by atoms with E-state index in [2.05, 4.69) is 19.2 Å². The van der Waals surface area contributed by atoms with Crippen molar-refractivity contribution in [3.8, 4) is 0 Å². The number of aliphatic hydroxyl groups excluding tert-OH is 1. The minimum Gasteiger partial charge on any atom is -0.460 e. The van der Waals surface area contributed by atoms with Gasteiger partial charge >= 0.3 is 5.97 Å². The lowest BCUT2D eigenvalue weighted by molar-refractivity contribution is -0.167. The van der Waals surface area contributed by atoms with Crippen molar-refractivity contribution in [2.45, 2.75) is 46.6 Å². The predicted octanol–water partition coefficient (Wildman–Crippen LogP) is 1.59. The van der Waals surface area contributed by atoms with Crippen molar-refractivity contribution >= 4 is 11.9 Å². The van der Waals surface area contributed by atoms with Crippen LogP contribution in [0.15, 0.2) is 0 Å². The summed E-state index contributed by atoms with van der Waals surface area (Å²) in [6.07, 6.45) is 0.920. The number of aliphatic hydroxyl groups is 1. The maximum Gasteiger partial charge on any atom is 0.310 e. The second-order valence-corrected chi connectivity index (χ2v) is 7.88. The van der Waals surface area contributed by atoms with Crippen molar-refractivity contribution in [3.63, 3.8) is 0 Å². The number of ether oxygens (including phenoxy) is 1. The number of nitrogens with one attached hydrogen (secondary N) is 1. The summed E-state index contributed by atoms with van der Waals surface area (Å²) in [5, 5.41) is 11.7. The van der Waals surface area contributed by atoms with Crippen LogP contribution in [-0.4, -0.2) is 35.7 Å². The first-order valence-corrected chi connectivity index (χ1v) is 8.28. The van der Waals surface area contributed by atoms with Gasteiger partial charge in [-0.15, -0.1) is 0 Å². The third-order valence-corrected chi connectivity index (χ3v) is 5.43. The molecule has 6 atom stereocenters. The standard InChI is InChI=1S/C17H29NO4/c1-9-10(2)12-8-11(9)13(15(20)18-6-7-19)14(12)16(21)22-17(3,4)5/h9-14,19H,6-8H2,1-5H3,(H,18,20). The highest BCUT2D eigenvalue weighted by molar-refractivity contribution is 5.87. The van der Waals surface area contributed by atoms with E-state index in [0.29, 0.717) is 11.8 Å². The van der Waals surface area contributed by atoms with Gasteiger partial charge in [0.2, 0.25) is 5.91 Å². The van der Waals surface area contributed by atoms with Gasteiger partial charge in [-0.1, -0.05) is 13.8 Å². The van der Waals surface area contributed by atoms with E-state index >= 15 is 0 Å². The highest BCUT2D eigenvalue weighted by Gasteiger charge is 2.60. The lowest BCUT2D eigenvalue weighted by atomic mass is 9.69. The van der Waals surface area contributed by atoms with Gasteiger partial charge in [0.25, 0.3) is 0 Å². The highest BCUT2D eigenvalue weighted by atomic mass is 16.6. The zero-order valence-corrected chi connectivity index (χ0v) is 14.3. The molecule has 2 N–H and O–H groups in total. The SMILES string of the molecule is CC1C(C)C2CC1C(C(=O)NCCO)C2C(=O)OC(C)(C)C. The van der Waals surface area contributed by atoms with Crippen LogP contribution < -0.4 is 5.32 Å². The quantitative estimate of drug-likeness (QED) is 0.773. The Hall–Kier alpha value is -1.10. The molecule has 0 heterocycles. The molecule has 2 fully saturated rings. The Morgan fingerprint density at radius 2 is 1.68 bits per heavy atom. The van der Waals surface area contributed by atoms with Gasteiger partial charge in [-0.25, -0.2) is 0 Å². The van der Waals surface area contributed by atoms with Gasteiger partial charge in [0, 0.05) is 6.54 Å². The molecule has 0 aliphatic heterocycles.